The van der Waals surface area contributed by atoms with Gasteiger partial charge in [-0.25, -0.2) is 0 Å². The third kappa shape index (κ3) is 6.86. The van der Waals surface area contributed by atoms with Crippen LogP contribution < -0.4 is 0 Å². The Hall–Kier alpha value is 0.0569. The van der Waals surface area contributed by atoms with Gasteiger partial charge >= 0.3 is 8.80 Å². The number of rotatable bonds is 12. The van der Waals surface area contributed by atoms with E-state index in [4.69, 9.17) is 18.0 Å². The molecule has 0 aromatic rings. The fourth-order valence-corrected chi connectivity index (χ4v) is 4.45. The van der Waals surface area contributed by atoms with Gasteiger partial charge in [-0.3, -0.25) is 0 Å². The average Bonchev–Trinajstić information content (AvgIpc) is 2.39. The van der Waals surface area contributed by atoms with Gasteiger partial charge in [0.2, 0.25) is 0 Å². The molecule has 0 N–H and O–H groups in total. The zero-order valence-corrected chi connectivity index (χ0v) is 14.5. The van der Waals surface area contributed by atoms with Gasteiger partial charge in [0, 0.05) is 32.0 Å². The van der Waals surface area contributed by atoms with Crippen molar-refractivity contribution in [3.05, 3.63) is 0 Å². The molecule has 0 amide bonds. The standard InChI is InChI=1S/C14H32O4Si/c1-7-13(5)11-15-12-14(6)19(16-8-2,17-9-3)18-10-4/h13-14H,7-12H2,1-6H3. The zero-order valence-electron chi connectivity index (χ0n) is 13.5. The summed E-state index contributed by atoms with van der Waals surface area (Å²) in [5.41, 5.74) is 0.163. The first kappa shape index (κ1) is 19.1. The maximum Gasteiger partial charge on any atom is 0.506 e. The maximum atomic E-state index is 5.87. The summed E-state index contributed by atoms with van der Waals surface area (Å²) in [7, 11) is -2.61. The van der Waals surface area contributed by atoms with E-state index in [1.807, 2.05) is 20.8 Å². The van der Waals surface area contributed by atoms with Crippen LogP contribution in [-0.2, 0) is 18.0 Å². The van der Waals surface area contributed by atoms with Crippen LogP contribution in [0.4, 0.5) is 0 Å². The van der Waals surface area contributed by atoms with E-state index in [0.29, 0.717) is 32.3 Å². The van der Waals surface area contributed by atoms with E-state index in [2.05, 4.69) is 20.8 Å². The maximum absolute atomic E-state index is 5.87. The molecule has 19 heavy (non-hydrogen) atoms. The second-order valence-electron chi connectivity index (χ2n) is 4.85. The van der Waals surface area contributed by atoms with Gasteiger partial charge in [0.1, 0.15) is 0 Å². The van der Waals surface area contributed by atoms with Crippen LogP contribution in [0, 0.1) is 5.92 Å². The van der Waals surface area contributed by atoms with E-state index in [1.54, 1.807) is 0 Å². The zero-order chi connectivity index (χ0) is 14.7. The van der Waals surface area contributed by atoms with Crippen LogP contribution in [0.15, 0.2) is 0 Å². The van der Waals surface area contributed by atoms with Crippen molar-refractivity contribution in [3.63, 3.8) is 0 Å². The normalized spacial score (nSPS) is 15.5. The molecule has 0 aromatic carbocycles. The highest BCUT2D eigenvalue weighted by Gasteiger charge is 2.46. The van der Waals surface area contributed by atoms with E-state index < -0.39 is 8.80 Å². The van der Waals surface area contributed by atoms with Gasteiger partial charge in [0.25, 0.3) is 0 Å². The Morgan fingerprint density at radius 3 is 1.63 bits per heavy atom. The summed E-state index contributed by atoms with van der Waals surface area (Å²) >= 11 is 0. The quantitative estimate of drug-likeness (QED) is 0.516. The van der Waals surface area contributed by atoms with Crippen molar-refractivity contribution in [2.45, 2.75) is 53.5 Å². The Kier molecular flexibility index (Phi) is 10.8. The fourth-order valence-electron chi connectivity index (χ4n) is 1.82. The first-order valence-electron chi connectivity index (χ1n) is 7.55. The molecule has 116 valence electrons. The molecular weight excluding hydrogens is 260 g/mol. The van der Waals surface area contributed by atoms with Gasteiger partial charge in [-0.2, -0.15) is 0 Å². The summed E-state index contributed by atoms with van der Waals surface area (Å²) in [6.45, 7) is 15.7. The summed E-state index contributed by atoms with van der Waals surface area (Å²) < 4.78 is 23.4. The van der Waals surface area contributed by atoms with Gasteiger partial charge in [-0.1, -0.05) is 27.2 Å². The molecule has 0 heterocycles. The van der Waals surface area contributed by atoms with E-state index in [9.17, 15) is 0 Å². The molecule has 0 aliphatic heterocycles. The van der Waals surface area contributed by atoms with Crippen LogP contribution in [0.25, 0.3) is 0 Å². The predicted octanol–water partition coefficient (Wildman–Crippen LogP) is 3.49. The van der Waals surface area contributed by atoms with Gasteiger partial charge in [0.05, 0.1) is 6.61 Å². The van der Waals surface area contributed by atoms with E-state index in [1.165, 1.54) is 0 Å². The lowest BCUT2D eigenvalue weighted by Gasteiger charge is -2.33. The molecule has 0 aliphatic carbocycles. The molecule has 5 heteroatoms. The number of hydrogen-bond donors (Lipinski definition) is 0. The van der Waals surface area contributed by atoms with E-state index in [0.717, 1.165) is 13.0 Å². The van der Waals surface area contributed by atoms with Crippen molar-refractivity contribution >= 4 is 8.80 Å². The Bertz CT molecular complexity index is 197. The molecule has 0 saturated heterocycles. The molecule has 4 nitrogen and oxygen atoms in total. The van der Waals surface area contributed by atoms with Crippen LogP contribution in [-0.4, -0.2) is 41.8 Å². The molecule has 0 aromatic heterocycles. The Morgan fingerprint density at radius 1 is 0.789 bits per heavy atom. The molecule has 0 bridgehead atoms. The van der Waals surface area contributed by atoms with Crippen LogP contribution in [0.3, 0.4) is 0 Å². The summed E-state index contributed by atoms with van der Waals surface area (Å²) in [4.78, 5) is 0. The lowest BCUT2D eigenvalue weighted by Crippen LogP contribution is -2.51. The predicted molar refractivity (Wildman–Crippen MR) is 80.3 cm³/mol. The van der Waals surface area contributed by atoms with Crippen molar-refractivity contribution in [2.24, 2.45) is 5.92 Å². The van der Waals surface area contributed by atoms with Crippen molar-refractivity contribution in [1.29, 1.82) is 0 Å². The first-order valence-corrected chi connectivity index (χ1v) is 9.35. The molecule has 2 unspecified atom stereocenters. The highest BCUT2D eigenvalue weighted by molar-refractivity contribution is 6.62. The third-order valence-corrected chi connectivity index (χ3v) is 6.55. The average molecular weight is 292 g/mol. The van der Waals surface area contributed by atoms with Gasteiger partial charge in [-0.15, -0.1) is 0 Å². The lowest BCUT2D eigenvalue weighted by molar-refractivity contribution is 0.0379. The van der Waals surface area contributed by atoms with Gasteiger partial charge in [0.15, 0.2) is 0 Å². The van der Waals surface area contributed by atoms with Gasteiger partial charge in [-0.05, 0) is 26.7 Å². The molecule has 0 fully saturated rings. The Balaban J connectivity index is 4.46. The molecule has 0 saturated carbocycles. The van der Waals surface area contributed by atoms with Crippen molar-refractivity contribution in [3.8, 4) is 0 Å². The van der Waals surface area contributed by atoms with Crippen LogP contribution in [0.5, 0.6) is 0 Å². The van der Waals surface area contributed by atoms with Crippen molar-refractivity contribution < 1.29 is 18.0 Å². The number of hydrogen-bond acceptors (Lipinski definition) is 4. The van der Waals surface area contributed by atoms with E-state index >= 15 is 0 Å². The molecule has 0 radical (unpaired) electrons. The van der Waals surface area contributed by atoms with Gasteiger partial charge < -0.3 is 18.0 Å². The Morgan fingerprint density at radius 2 is 1.26 bits per heavy atom. The SMILES string of the molecule is CCO[Si](OCC)(OCC)C(C)COCC(C)CC. The lowest BCUT2D eigenvalue weighted by atomic mass is 10.1. The minimum Gasteiger partial charge on any atom is -0.381 e. The molecule has 0 aliphatic rings. The second kappa shape index (κ2) is 10.8. The summed E-state index contributed by atoms with van der Waals surface area (Å²) in [5.74, 6) is 0.592. The second-order valence-corrected chi connectivity index (χ2v) is 7.91. The minimum atomic E-state index is -2.61. The van der Waals surface area contributed by atoms with Crippen LogP contribution >= 0.6 is 0 Å². The molecular formula is C14H32O4Si. The van der Waals surface area contributed by atoms with E-state index in [-0.39, 0.29) is 5.54 Å². The van der Waals surface area contributed by atoms with Crippen molar-refractivity contribution in [1.82, 2.24) is 0 Å². The fraction of sp³-hybridized carbons (Fsp3) is 1.00. The molecule has 0 rings (SSSR count). The summed E-state index contributed by atoms with van der Waals surface area (Å²) in [6.07, 6.45) is 1.14. The topological polar surface area (TPSA) is 36.9 Å². The minimum absolute atomic E-state index is 0.163. The van der Waals surface area contributed by atoms with Crippen molar-refractivity contribution in [2.75, 3.05) is 33.0 Å². The van der Waals surface area contributed by atoms with Crippen LogP contribution in [0.2, 0.25) is 5.54 Å². The monoisotopic (exact) mass is 292 g/mol. The highest BCUT2D eigenvalue weighted by Crippen LogP contribution is 2.26. The molecule has 0 spiro atoms. The summed E-state index contributed by atoms with van der Waals surface area (Å²) in [6, 6.07) is 0. The van der Waals surface area contributed by atoms with Crippen LogP contribution in [0.1, 0.15) is 48.0 Å². The molecule has 2 atom stereocenters. The largest absolute Gasteiger partial charge is 0.506 e. The number of ether oxygens (including phenoxy) is 1. The summed E-state index contributed by atoms with van der Waals surface area (Å²) in [5, 5.41) is 0. The highest BCUT2D eigenvalue weighted by atomic mass is 28.4. The Labute approximate surface area is 120 Å². The first-order chi connectivity index (χ1) is 9.06. The third-order valence-electron chi connectivity index (χ3n) is 3.11. The smallest absolute Gasteiger partial charge is 0.381 e.